The Morgan fingerprint density at radius 2 is 2.29 bits per heavy atom. The van der Waals surface area contributed by atoms with Gasteiger partial charge in [0.15, 0.2) is 0 Å². The van der Waals surface area contributed by atoms with Crippen molar-refractivity contribution in [1.29, 1.82) is 0 Å². The molecular weight excluding hydrogens is 312 g/mol. The van der Waals surface area contributed by atoms with Crippen molar-refractivity contribution >= 4 is 43.4 Å². The van der Waals surface area contributed by atoms with E-state index in [1.807, 2.05) is 18.2 Å². The Hall–Kier alpha value is -0.471. The molecule has 1 rings (SSSR count). The summed E-state index contributed by atoms with van der Waals surface area (Å²) in [5.41, 5.74) is 0.845. The Bertz CT molecular complexity index is 342. The van der Waals surface area contributed by atoms with Gasteiger partial charge in [-0.15, -0.1) is 0 Å². The molecule has 0 radical (unpaired) electrons. The molecule has 76 valence electrons. The predicted octanol–water partition coefficient (Wildman–Crippen LogP) is -0.201. The Kier molecular flexibility index (Phi) is 4.49. The summed E-state index contributed by atoms with van der Waals surface area (Å²) < 4.78 is 6.23. The van der Waals surface area contributed by atoms with E-state index in [1.165, 1.54) is 6.92 Å². The molecule has 3 nitrogen and oxygen atoms in total. The van der Waals surface area contributed by atoms with Gasteiger partial charge in [-0.1, -0.05) is 0 Å². The van der Waals surface area contributed by atoms with Crippen LogP contribution in [-0.4, -0.2) is 40.3 Å². The average molecular weight is 323 g/mol. The molecule has 1 aromatic carbocycles. The number of rotatable bonds is 3. The first-order chi connectivity index (χ1) is 6.67. The normalized spacial score (nSPS) is 9.64. The number of ether oxygens (including phenoxy) is 1. The van der Waals surface area contributed by atoms with Crippen LogP contribution in [0.3, 0.4) is 0 Å². The summed E-state index contributed by atoms with van der Waals surface area (Å²) in [7, 11) is 1.61. The minimum absolute atomic E-state index is 0.0590. The molecule has 0 heterocycles. The van der Waals surface area contributed by atoms with Crippen molar-refractivity contribution in [3.63, 3.8) is 0 Å². The number of methoxy groups -OCH3 is 1. The zero-order valence-electron chi connectivity index (χ0n) is 7.90. The summed E-state index contributed by atoms with van der Waals surface area (Å²) in [5.74, 6) is 0.700. The third kappa shape index (κ3) is 3.03. The van der Waals surface area contributed by atoms with E-state index in [9.17, 15) is 4.79 Å². The van der Waals surface area contributed by atoms with Crippen LogP contribution in [0, 0.1) is 0 Å². The molecule has 5 heteroatoms. The number of amides is 1. The number of anilines is 1. The summed E-state index contributed by atoms with van der Waals surface area (Å²) in [4.78, 5) is 10.9. The summed E-state index contributed by atoms with van der Waals surface area (Å²) in [5, 5.41) is 2.79. The van der Waals surface area contributed by atoms with E-state index in [2.05, 4.69) is 19.5 Å². The minimum atomic E-state index is -0.0590. The first-order valence-electron chi connectivity index (χ1n) is 3.94. The number of carbonyl (C=O) groups excluding carboxylic acids is 1. The van der Waals surface area contributed by atoms with Crippen molar-refractivity contribution < 1.29 is 9.53 Å². The van der Waals surface area contributed by atoms with Crippen LogP contribution in [0.25, 0.3) is 0 Å². The summed E-state index contributed by atoms with van der Waals surface area (Å²) in [6.07, 6.45) is 0. The Balaban J connectivity index is 3.01. The number of nitrogens with one attached hydrogen (secondary N) is 1. The maximum atomic E-state index is 10.9. The first kappa shape index (κ1) is 11.6. The van der Waals surface area contributed by atoms with Gasteiger partial charge in [0.2, 0.25) is 0 Å². The van der Waals surface area contributed by atoms with Gasteiger partial charge in [-0.25, -0.2) is 0 Å². The quantitative estimate of drug-likeness (QED) is 0.783. The summed E-state index contributed by atoms with van der Waals surface area (Å²) >= 11 is 2.85. The van der Waals surface area contributed by atoms with Crippen LogP contribution < -0.4 is 14.5 Å². The monoisotopic (exact) mass is 325 g/mol. The van der Waals surface area contributed by atoms with Gasteiger partial charge < -0.3 is 0 Å². The zero-order chi connectivity index (χ0) is 10.6. The molecule has 0 aliphatic heterocycles. The molecule has 0 aliphatic carbocycles. The van der Waals surface area contributed by atoms with E-state index in [4.69, 9.17) is 4.74 Å². The molecule has 1 N–H and O–H groups in total. The molecule has 14 heavy (non-hydrogen) atoms. The van der Waals surface area contributed by atoms with E-state index in [1.54, 1.807) is 7.11 Å². The van der Waals surface area contributed by atoms with Crippen LogP contribution in [0.5, 0.6) is 5.75 Å². The van der Waals surface area contributed by atoms with Crippen molar-refractivity contribution in [2.45, 2.75) is 6.92 Å². The van der Waals surface area contributed by atoms with Crippen molar-refractivity contribution in [3.8, 4) is 5.75 Å². The van der Waals surface area contributed by atoms with Gasteiger partial charge in [0.25, 0.3) is 0 Å². The van der Waals surface area contributed by atoms with Crippen LogP contribution in [0.2, 0.25) is 0 Å². The second-order valence-corrected chi connectivity index (χ2v) is 5.93. The van der Waals surface area contributed by atoms with Crippen molar-refractivity contribution in [2.24, 2.45) is 0 Å². The summed E-state index contributed by atoms with van der Waals surface area (Å²) in [6, 6.07) is 5.71. The standard InChI is InChI=1S/C9H11NO2Se2/c1-6(11)10-8-5-7(12-2)3-4-9(8)14-13/h3-5,13H,1-2H3,(H,10,11). The fraction of sp³-hybridized carbons (Fsp3) is 0.222. The third-order valence-corrected chi connectivity index (χ3v) is 4.90. The van der Waals surface area contributed by atoms with E-state index < -0.39 is 0 Å². The topological polar surface area (TPSA) is 38.3 Å². The molecule has 0 spiro atoms. The molecule has 0 aromatic heterocycles. The fourth-order valence-corrected chi connectivity index (χ4v) is 3.45. The van der Waals surface area contributed by atoms with E-state index in [-0.39, 0.29) is 5.91 Å². The second kappa shape index (κ2) is 5.42. The van der Waals surface area contributed by atoms with Crippen LogP contribution in [0.15, 0.2) is 18.2 Å². The van der Waals surface area contributed by atoms with Gasteiger partial charge in [-0.3, -0.25) is 0 Å². The van der Waals surface area contributed by atoms with E-state index >= 15 is 0 Å². The number of benzene rings is 1. The molecule has 1 amide bonds. The molecule has 1 aromatic rings. The van der Waals surface area contributed by atoms with Gasteiger partial charge >= 0.3 is 96.2 Å². The molecule has 0 aliphatic rings. The summed E-state index contributed by atoms with van der Waals surface area (Å²) in [6.45, 7) is 1.50. The van der Waals surface area contributed by atoms with Gasteiger partial charge in [0.05, 0.1) is 0 Å². The number of carbonyl (C=O) groups is 1. The van der Waals surface area contributed by atoms with Crippen molar-refractivity contribution in [1.82, 2.24) is 0 Å². The molecule has 0 saturated heterocycles. The van der Waals surface area contributed by atoms with Crippen molar-refractivity contribution in [3.05, 3.63) is 18.2 Å². The average Bonchev–Trinajstić information content (AvgIpc) is 2.16. The Morgan fingerprint density at radius 3 is 2.79 bits per heavy atom. The molecule has 0 saturated carbocycles. The third-order valence-electron chi connectivity index (χ3n) is 1.60. The van der Waals surface area contributed by atoms with Crippen LogP contribution in [-0.2, 0) is 4.79 Å². The SMILES string of the molecule is COc1ccc([Se][SeH])c(NC(C)=O)c1. The Morgan fingerprint density at radius 1 is 1.57 bits per heavy atom. The van der Waals surface area contributed by atoms with Crippen LogP contribution >= 0.6 is 0 Å². The van der Waals surface area contributed by atoms with E-state index in [0.29, 0.717) is 13.1 Å². The first-order valence-corrected chi connectivity index (χ1v) is 9.54. The van der Waals surface area contributed by atoms with Gasteiger partial charge in [-0.2, -0.15) is 0 Å². The van der Waals surface area contributed by atoms with E-state index in [0.717, 1.165) is 15.9 Å². The molecule has 0 unspecified atom stereocenters. The van der Waals surface area contributed by atoms with Gasteiger partial charge in [-0.05, 0) is 0 Å². The van der Waals surface area contributed by atoms with Gasteiger partial charge in [0.1, 0.15) is 0 Å². The van der Waals surface area contributed by atoms with Crippen molar-refractivity contribution in [2.75, 3.05) is 12.4 Å². The maximum absolute atomic E-state index is 10.9. The fourth-order valence-electron chi connectivity index (χ4n) is 1.00. The van der Waals surface area contributed by atoms with Crippen LogP contribution in [0.4, 0.5) is 5.69 Å². The number of hydrogen-bond donors (Lipinski definition) is 1. The Labute approximate surface area is 96.1 Å². The molecule has 0 atom stereocenters. The molecular formula is C9H11NO2Se2. The van der Waals surface area contributed by atoms with Gasteiger partial charge in [0, 0.05) is 0 Å². The second-order valence-electron chi connectivity index (χ2n) is 2.63. The molecule has 0 fully saturated rings. The molecule has 0 bridgehead atoms. The van der Waals surface area contributed by atoms with Crippen LogP contribution in [0.1, 0.15) is 6.92 Å². The number of hydrogen-bond acceptors (Lipinski definition) is 2. The zero-order valence-corrected chi connectivity index (χ0v) is 11.5. The predicted molar refractivity (Wildman–Crippen MR) is 59.8 cm³/mol.